The van der Waals surface area contributed by atoms with E-state index in [1.807, 2.05) is 23.2 Å². The van der Waals surface area contributed by atoms with E-state index >= 15 is 0 Å². The Morgan fingerprint density at radius 3 is 2.57 bits per heavy atom. The predicted molar refractivity (Wildman–Crippen MR) is 118 cm³/mol. The van der Waals surface area contributed by atoms with Crippen molar-refractivity contribution < 1.29 is 9.53 Å². The summed E-state index contributed by atoms with van der Waals surface area (Å²) in [4.78, 5) is 32.1. The summed E-state index contributed by atoms with van der Waals surface area (Å²) in [5.74, 6) is 0.931. The third-order valence-corrected chi connectivity index (χ3v) is 6.73. The number of anilines is 2. The molecule has 30 heavy (non-hydrogen) atoms. The van der Waals surface area contributed by atoms with Crippen LogP contribution >= 0.6 is 11.3 Å². The number of amides is 1. The highest BCUT2D eigenvalue weighted by Crippen LogP contribution is 2.34. The van der Waals surface area contributed by atoms with Crippen LogP contribution < -0.4 is 10.6 Å². The maximum atomic E-state index is 12.9. The first kappa shape index (κ1) is 19.2. The minimum absolute atomic E-state index is 0.00455. The molecule has 9 heteroatoms. The average molecular weight is 425 g/mol. The lowest BCUT2D eigenvalue weighted by Crippen LogP contribution is -2.36. The van der Waals surface area contributed by atoms with Crippen LogP contribution in [0.1, 0.15) is 28.9 Å². The highest BCUT2D eigenvalue weighted by atomic mass is 32.1. The number of rotatable bonds is 3. The van der Waals surface area contributed by atoms with E-state index in [9.17, 15) is 4.79 Å². The fourth-order valence-electron chi connectivity index (χ4n) is 3.94. The van der Waals surface area contributed by atoms with E-state index in [0.717, 1.165) is 69.3 Å². The van der Waals surface area contributed by atoms with Crippen molar-refractivity contribution in [3.05, 3.63) is 29.4 Å². The predicted octanol–water partition coefficient (Wildman–Crippen LogP) is 2.80. The monoisotopic (exact) mass is 424 g/mol. The number of carbonyl (C=O) groups excluding carboxylic acids is 1. The van der Waals surface area contributed by atoms with Crippen molar-refractivity contribution in [2.75, 3.05) is 50.0 Å². The summed E-state index contributed by atoms with van der Waals surface area (Å²) in [6.07, 6.45) is 6.79. The summed E-state index contributed by atoms with van der Waals surface area (Å²) < 4.78 is 5.40. The van der Waals surface area contributed by atoms with Gasteiger partial charge in [0.1, 0.15) is 21.0 Å². The second-order valence-corrected chi connectivity index (χ2v) is 8.61. The van der Waals surface area contributed by atoms with Crippen LogP contribution in [0.5, 0.6) is 0 Å². The molecule has 156 valence electrons. The molecule has 2 aliphatic rings. The normalized spacial score (nSPS) is 17.5. The fourth-order valence-corrected chi connectivity index (χ4v) is 4.96. The van der Waals surface area contributed by atoms with Gasteiger partial charge in [-0.3, -0.25) is 4.79 Å². The Morgan fingerprint density at radius 1 is 1.03 bits per heavy atom. The van der Waals surface area contributed by atoms with Gasteiger partial charge in [0.2, 0.25) is 0 Å². The van der Waals surface area contributed by atoms with Gasteiger partial charge < -0.3 is 20.3 Å². The number of carbonyl (C=O) groups is 1. The zero-order valence-corrected chi connectivity index (χ0v) is 17.5. The van der Waals surface area contributed by atoms with Gasteiger partial charge in [-0.1, -0.05) is 0 Å². The van der Waals surface area contributed by atoms with E-state index in [4.69, 9.17) is 15.5 Å². The van der Waals surface area contributed by atoms with E-state index in [-0.39, 0.29) is 5.91 Å². The van der Waals surface area contributed by atoms with Crippen molar-refractivity contribution in [3.8, 4) is 11.3 Å². The first-order chi connectivity index (χ1) is 14.7. The Hall–Kier alpha value is -2.78. The van der Waals surface area contributed by atoms with Crippen LogP contribution in [-0.4, -0.2) is 65.2 Å². The number of morpholine rings is 1. The molecule has 2 N–H and O–H groups in total. The second kappa shape index (κ2) is 8.16. The van der Waals surface area contributed by atoms with Crippen molar-refractivity contribution in [2.45, 2.75) is 19.3 Å². The van der Waals surface area contributed by atoms with E-state index in [1.165, 1.54) is 17.8 Å². The molecule has 0 bridgehead atoms. The Balaban J connectivity index is 1.41. The number of ether oxygens (including phenoxy) is 1. The zero-order chi connectivity index (χ0) is 20.5. The van der Waals surface area contributed by atoms with E-state index < -0.39 is 0 Å². The number of piperidine rings is 1. The average Bonchev–Trinajstić information content (AvgIpc) is 3.15. The summed E-state index contributed by atoms with van der Waals surface area (Å²) in [6.45, 7) is 4.73. The molecule has 0 spiro atoms. The van der Waals surface area contributed by atoms with Crippen molar-refractivity contribution in [1.82, 2.24) is 19.9 Å². The van der Waals surface area contributed by atoms with Crippen molar-refractivity contribution >= 4 is 39.1 Å². The number of nitrogen functional groups attached to an aromatic ring is 1. The van der Waals surface area contributed by atoms with E-state index in [0.29, 0.717) is 20.9 Å². The topological polar surface area (TPSA) is 97.5 Å². The molecule has 3 aromatic rings. The summed E-state index contributed by atoms with van der Waals surface area (Å²) >= 11 is 1.33. The van der Waals surface area contributed by atoms with Crippen LogP contribution in [0.3, 0.4) is 0 Å². The molecule has 5 heterocycles. The van der Waals surface area contributed by atoms with Crippen LogP contribution in [0.4, 0.5) is 11.5 Å². The summed E-state index contributed by atoms with van der Waals surface area (Å²) in [7, 11) is 0. The minimum atomic E-state index is -0.00455. The number of hydrogen-bond donors (Lipinski definition) is 1. The van der Waals surface area contributed by atoms with Gasteiger partial charge in [-0.15, -0.1) is 11.3 Å². The Morgan fingerprint density at radius 2 is 1.83 bits per heavy atom. The summed E-state index contributed by atoms with van der Waals surface area (Å²) in [5, 5.41) is 0. The Bertz CT molecular complexity index is 1060. The molecular formula is C21H24N6O2S. The van der Waals surface area contributed by atoms with Gasteiger partial charge in [0.25, 0.3) is 5.91 Å². The minimum Gasteiger partial charge on any atom is -0.396 e. The molecule has 8 nitrogen and oxygen atoms in total. The fraction of sp³-hybridized carbons (Fsp3) is 0.429. The smallest absolute Gasteiger partial charge is 0.266 e. The molecule has 0 unspecified atom stereocenters. The van der Waals surface area contributed by atoms with E-state index in [1.54, 1.807) is 6.20 Å². The maximum absolute atomic E-state index is 12.9. The van der Waals surface area contributed by atoms with Crippen molar-refractivity contribution in [3.63, 3.8) is 0 Å². The molecule has 0 atom stereocenters. The molecule has 0 saturated carbocycles. The number of aromatic nitrogens is 3. The molecule has 2 fully saturated rings. The first-order valence-electron chi connectivity index (χ1n) is 10.3. The number of hydrogen-bond acceptors (Lipinski definition) is 8. The van der Waals surface area contributed by atoms with Gasteiger partial charge in [-0.05, 0) is 31.4 Å². The molecule has 0 aromatic carbocycles. The standard InChI is InChI=1S/C21H24N6O2S/c22-17-18-20(30-19(17)21(28)27-6-2-1-3-7-27)25-15(13-24-18)14-4-5-16(23-12-14)26-8-10-29-11-9-26/h4-5,12-13H,1-3,6-11,22H2. The lowest BCUT2D eigenvalue weighted by molar-refractivity contribution is 0.0730. The van der Waals surface area contributed by atoms with Gasteiger partial charge in [-0.25, -0.2) is 15.0 Å². The zero-order valence-electron chi connectivity index (χ0n) is 16.7. The number of fused-ring (bicyclic) bond motifs is 1. The summed E-state index contributed by atoms with van der Waals surface area (Å²) in [5.41, 5.74) is 8.91. The molecule has 3 aromatic heterocycles. The van der Waals surface area contributed by atoms with Gasteiger partial charge in [0, 0.05) is 37.9 Å². The van der Waals surface area contributed by atoms with Crippen molar-refractivity contribution in [1.29, 1.82) is 0 Å². The molecule has 0 aliphatic carbocycles. The van der Waals surface area contributed by atoms with Crippen LogP contribution in [0, 0.1) is 0 Å². The van der Waals surface area contributed by atoms with Gasteiger partial charge in [-0.2, -0.15) is 0 Å². The molecule has 0 radical (unpaired) electrons. The van der Waals surface area contributed by atoms with E-state index in [2.05, 4.69) is 14.9 Å². The van der Waals surface area contributed by atoms with Gasteiger partial charge in [0.15, 0.2) is 0 Å². The van der Waals surface area contributed by atoms with Crippen LogP contribution in [0.2, 0.25) is 0 Å². The molecule has 2 saturated heterocycles. The first-order valence-corrected chi connectivity index (χ1v) is 11.2. The number of likely N-dealkylation sites (tertiary alicyclic amines) is 1. The number of pyridine rings is 1. The molecule has 2 aliphatic heterocycles. The lowest BCUT2D eigenvalue weighted by atomic mass is 10.1. The molecular weight excluding hydrogens is 400 g/mol. The molecule has 1 amide bonds. The maximum Gasteiger partial charge on any atom is 0.266 e. The lowest BCUT2D eigenvalue weighted by Gasteiger charge is -2.27. The Labute approximate surface area is 178 Å². The summed E-state index contributed by atoms with van der Waals surface area (Å²) in [6, 6.07) is 4.00. The van der Waals surface area contributed by atoms with Gasteiger partial charge >= 0.3 is 0 Å². The SMILES string of the molecule is Nc1c(C(=O)N2CCCCC2)sc2nc(-c3ccc(N4CCOCC4)nc3)cnc12. The largest absolute Gasteiger partial charge is 0.396 e. The number of nitrogens with zero attached hydrogens (tertiary/aromatic N) is 5. The molecule has 5 rings (SSSR count). The quantitative estimate of drug-likeness (QED) is 0.690. The van der Waals surface area contributed by atoms with Crippen LogP contribution in [-0.2, 0) is 4.74 Å². The third-order valence-electron chi connectivity index (χ3n) is 5.66. The highest BCUT2D eigenvalue weighted by Gasteiger charge is 2.24. The second-order valence-electron chi connectivity index (χ2n) is 7.61. The van der Waals surface area contributed by atoms with Crippen LogP contribution in [0.15, 0.2) is 24.5 Å². The number of nitrogens with two attached hydrogens (primary N) is 1. The third kappa shape index (κ3) is 3.59. The Kier molecular flexibility index (Phi) is 5.22. The van der Waals surface area contributed by atoms with Gasteiger partial charge in [0.05, 0.1) is 30.8 Å². The highest BCUT2D eigenvalue weighted by molar-refractivity contribution is 7.21. The number of thiophene rings is 1. The van der Waals surface area contributed by atoms with Crippen molar-refractivity contribution in [2.24, 2.45) is 0 Å². The van der Waals surface area contributed by atoms with Crippen LogP contribution in [0.25, 0.3) is 21.6 Å².